The summed E-state index contributed by atoms with van der Waals surface area (Å²) in [6, 6.07) is 8.01. The highest BCUT2D eigenvalue weighted by Gasteiger charge is 2.16. The second-order valence-corrected chi connectivity index (χ2v) is 6.72. The molecule has 0 aliphatic heterocycles. The van der Waals surface area contributed by atoms with Gasteiger partial charge in [0.15, 0.2) is 0 Å². The van der Waals surface area contributed by atoms with Gasteiger partial charge in [-0.3, -0.25) is 0 Å². The minimum Gasteiger partial charge on any atom is -0.323 e. The Hall–Kier alpha value is -1.59. The molecular weight excluding hydrogens is 383 g/mol. The summed E-state index contributed by atoms with van der Waals surface area (Å²) in [5.41, 5.74) is 2.95. The zero-order chi connectivity index (χ0) is 17.1. The number of rotatable bonds is 3. The van der Waals surface area contributed by atoms with E-state index in [2.05, 4.69) is 21.2 Å². The van der Waals surface area contributed by atoms with Gasteiger partial charge in [-0.15, -0.1) is 0 Å². The first kappa shape index (κ1) is 17.8. The lowest BCUT2D eigenvalue weighted by Crippen LogP contribution is -2.31. The first-order valence-electron chi connectivity index (χ1n) is 7.01. The van der Waals surface area contributed by atoms with E-state index in [-0.39, 0.29) is 12.6 Å². The van der Waals surface area contributed by atoms with Crippen LogP contribution in [-0.2, 0) is 6.54 Å². The molecule has 0 fully saturated rings. The lowest BCUT2D eigenvalue weighted by Gasteiger charge is -2.21. The third kappa shape index (κ3) is 4.24. The van der Waals surface area contributed by atoms with E-state index in [1.165, 1.54) is 17.0 Å². The molecule has 0 atom stereocenters. The average Bonchev–Trinajstić information content (AvgIpc) is 2.46. The van der Waals surface area contributed by atoms with Crippen LogP contribution in [-0.4, -0.2) is 18.0 Å². The van der Waals surface area contributed by atoms with Crippen molar-refractivity contribution in [2.24, 2.45) is 0 Å². The van der Waals surface area contributed by atoms with Gasteiger partial charge in [0.2, 0.25) is 0 Å². The number of hydrogen-bond acceptors (Lipinski definition) is 1. The zero-order valence-corrected chi connectivity index (χ0v) is 15.4. The number of urea groups is 1. The zero-order valence-electron chi connectivity index (χ0n) is 13.1. The van der Waals surface area contributed by atoms with Gasteiger partial charge >= 0.3 is 6.03 Å². The lowest BCUT2D eigenvalue weighted by molar-refractivity contribution is 0.220. The van der Waals surface area contributed by atoms with Crippen LogP contribution < -0.4 is 5.32 Å². The van der Waals surface area contributed by atoms with Crippen molar-refractivity contribution in [1.82, 2.24) is 4.90 Å². The Morgan fingerprint density at radius 2 is 1.91 bits per heavy atom. The number of nitrogens with zero attached hydrogens (tertiary/aromatic N) is 1. The van der Waals surface area contributed by atoms with Crippen molar-refractivity contribution in [3.8, 4) is 0 Å². The number of carbonyl (C=O) groups excluding carboxylic acids is 1. The van der Waals surface area contributed by atoms with Gasteiger partial charge in [0.05, 0.1) is 6.54 Å². The smallest absolute Gasteiger partial charge is 0.321 e. The van der Waals surface area contributed by atoms with Gasteiger partial charge in [-0.2, -0.15) is 0 Å². The fraction of sp³-hybridized carbons (Fsp3) is 0.235. The van der Waals surface area contributed by atoms with Gasteiger partial charge in [0.25, 0.3) is 0 Å². The number of amides is 2. The topological polar surface area (TPSA) is 32.3 Å². The standard InChI is InChI=1S/C17H17BrClFN2O/c1-10-7-12(18)8-11(2)16(10)21-17(23)22(3)9-13-14(19)5-4-6-15(13)20/h4-8H,9H2,1-3H3,(H,21,23). The molecular formula is C17H17BrClFN2O. The summed E-state index contributed by atoms with van der Waals surface area (Å²) >= 11 is 9.43. The molecule has 0 aliphatic carbocycles. The molecule has 2 aromatic carbocycles. The maximum absolute atomic E-state index is 13.8. The minimum absolute atomic E-state index is 0.0892. The Bertz CT molecular complexity index is 708. The molecule has 0 heterocycles. The monoisotopic (exact) mass is 398 g/mol. The fourth-order valence-electron chi connectivity index (χ4n) is 2.30. The second kappa shape index (κ2) is 7.32. The molecule has 6 heteroatoms. The van der Waals surface area contributed by atoms with Crippen LogP contribution in [0, 0.1) is 19.7 Å². The molecule has 2 rings (SSSR count). The van der Waals surface area contributed by atoms with Crippen molar-refractivity contribution in [2.75, 3.05) is 12.4 Å². The molecule has 2 amide bonds. The summed E-state index contributed by atoms with van der Waals surface area (Å²) in [4.78, 5) is 13.8. The predicted molar refractivity (Wildman–Crippen MR) is 95.5 cm³/mol. The molecule has 0 spiro atoms. The number of hydrogen-bond donors (Lipinski definition) is 1. The molecule has 0 radical (unpaired) electrons. The van der Waals surface area contributed by atoms with Crippen LogP contribution in [0.15, 0.2) is 34.8 Å². The van der Waals surface area contributed by atoms with E-state index in [0.717, 1.165) is 21.3 Å². The highest BCUT2D eigenvalue weighted by molar-refractivity contribution is 9.10. The SMILES string of the molecule is Cc1cc(Br)cc(C)c1NC(=O)N(C)Cc1c(F)cccc1Cl. The van der Waals surface area contributed by atoms with E-state index in [0.29, 0.717) is 10.6 Å². The number of anilines is 1. The van der Waals surface area contributed by atoms with Crippen LogP contribution in [0.3, 0.4) is 0 Å². The third-order valence-corrected chi connectivity index (χ3v) is 4.35. The molecule has 0 aliphatic rings. The normalized spacial score (nSPS) is 10.5. The van der Waals surface area contributed by atoms with Gasteiger partial charge in [0.1, 0.15) is 5.82 Å². The van der Waals surface area contributed by atoms with Crippen molar-refractivity contribution < 1.29 is 9.18 Å². The van der Waals surface area contributed by atoms with Crippen LogP contribution in [0.4, 0.5) is 14.9 Å². The summed E-state index contributed by atoms with van der Waals surface area (Å²) in [5, 5.41) is 3.17. The van der Waals surface area contributed by atoms with Crippen molar-refractivity contribution in [3.63, 3.8) is 0 Å². The molecule has 0 saturated carbocycles. The van der Waals surface area contributed by atoms with E-state index >= 15 is 0 Å². The summed E-state index contributed by atoms with van der Waals surface area (Å²) in [5.74, 6) is -0.423. The number of halogens is 3. The fourth-order valence-corrected chi connectivity index (χ4v) is 3.21. The summed E-state index contributed by atoms with van der Waals surface area (Å²) < 4.78 is 14.8. The highest BCUT2D eigenvalue weighted by atomic mass is 79.9. The van der Waals surface area contributed by atoms with Gasteiger partial charge in [-0.1, -0.05) is 33.6 Å². The number of carbonyl (C=O) groups is 1. The third-order valence-electron chi connectivity index (χ3n) is 3.53. The van der Waals surface area contributed by atoms with Gasteiger partial charge in [-0.25, -0.2) is 9.18 Å². The van der Waals surface area contributed by atoms with Crippen LogP contribution in [0.2, 0.25) is 5.02 Å². The largest absolute Gasteiger partial charge is 0.323 e. The second-order valence-electron chi connectivity index (χ2n) is 5.40. The van der Waals surface area contributed by atoms with Gasteiger partial charge in [0, 0.05) is 27.8 Å². The Kier molecular flexibility index (Phi) is 5.65. The van der Waals surface area contributed by atoms with Gasteiger partial charge in [-0.05, 0) is 49.2 Å². The molecule has 0 saturated heterocycles. The molecule has 122 valence electrons. The van der Waals surface area contributed by atoms with Crippen molar-refractivity contribution in [2.45, 2.75) is 20.4 Å². The average molecular weight is 400 g/mol. The predicted octanol–water partition coefficient (Wildman–Crippen LogP) is 5.52. The molecule has 0 unspecified atom stereocenters. The van der Waals surface area contributed by atoms with Crippen LogP contribution in [0.5, 0.6) is 0 Å². The van der Waals surface area contributed by atoms with Gasteiger partial charge < -0.3 is 10.2 Å². The Balaban J connectivity index is 2.15. The van der Waals surface area contributed by atoms with E-state index < -0.39 is 5.82 Å². The quantitative estimate of drug-likeness (QED) is 0.724. The van der Waals surface area contributed by atoms with Crippen LogP contribution in [0.1, 0.15) is 16.7 Å². The molecule has 1 N–H and O–H groups in total. The van der Waals surface area contributed by atoms with E-state index in [1.54, 1.807) is 13.1 Å². The van der Waals surface area contributed by atoms with Crippen LogP contribution in [0.25, 0.3) is 0 Å². The molecule has 23 heavy (non-hydrogen) atoms. The van der Waals surface area contributed by atoms with E-state index in [4.69, 9.17) is 11.6 Å². The first-order valence-corrected chi connectivity index (χ1v) is 8.18. The van der Waals surface area contributed by atoms with E-state index in [1.807, 2.05) is 26.0 Å². The first-order chi connectivity index (χ1) is 10.8. The minimum atomic E-state index is -0.423. The maximum Gasteiger partial charge on any atom is 0.321 e. The van der Waals surface area contributed by atoms with E-state index in [9.17, 15) is 9.18 Å². The number of benzene rings is 2. The Labute approximate surface area is 148 Å². The molecule has 3 nitrogen and oxygen atoms in total. The maximum atomic E-state index is 13.8. The highest BCUT2D eigenvalue weighted by Crippen LogP contribution is 2.26. The summed E-state index contributed by atoms with van der Waals surface area (Å²) in [6.07, 6.45) is 0. The Morgan fingerprint density at radius 1 is 1.30 bits per heavy atom. The van der Waals surface area contributed by atoms with Crippen molar-refractivity contribution in [1.29, 1.82) is 0 Å². The number of nitrogens with one attached hydrogen (secondary N) is 1. The summed E-state index contributed by atoms with van der Waals surface area (Å²) in [7, 11) is 1.60. The Morgan fingerprint density at radius 3 is 2.48 bits per heavy atom. The van der Waals surface area contributed by atoms with Crippen molar-refractivity contribution in [3.05, 3.63) is 62.3 Å². The van der Waals surface area contributed by atoms with Crippen molar-refractivity contribution >= 4 is 39.2 Å². The lowest BCUT2D eigenvalue weighted by atomic mass is 10.1. The molecule has 2 aromatic rings. The van der Waals surface area contributed by atoms with Crippen LogP contribution >= 0.6 is 27.5 Å². The molecule has 0 aromatic heterocycles. The number of aryl methyl sites for hydroxylation is 2. The molecule has 0 bridgehead atoms. The summed E-state index contributed by atoms with van der Waals surface area (Å²) in [6.45, 7) is 3.92.